The molecule has 0 amide bonds. The molecule has 0 fully saturated rings. The van der Waals surface area contributed by atoms with Crippen molar-refractivity contribution in [2.75, 3.05) is 0 Å². The zero-order valence-electron chi connectivity index (χ0n) is 11.2. The molecule has 19 heavy (non-hydrogen) atoms. The van der Waals surface area contributed by atoms with Gasteiger partial charge in [-0.05, 0) is 24.6 Å². The van der Waals surface area contributed by atoms with Gasteiger partial charge in [-0.1, -0.05) is 19.9 Å². The Morgan fingerprint density at radius 1 is 1.37 bits per heavy atom. The van der Waals surface area contributed by atoms with E-state index in [9.17, 15) is 9.90 Å². The van der Waals surface area contributed by atoms with Gasteiger partial charge in [-0.25, -0.2) is 0 Å². The van der Waals surface area contributed by atoms with E-state index in [4.69, 9.17) is 9.47 Å². The molecule has 0 bridgehead atoms. The molecule has 1 aromatic carbocycles. The number of hydrogen-bond acceptors (Lipinski definition) is 4. The molecular weight excluding hydrogens is 244 g/mol. The molecule has 100 valence electrons. The largest absolute Gasteiger partial charge is 0.493 e. The van der Waals surface area contributed by atoms with Crippen molar-refractivity contribution in [3.8, 4) is 5.75 Å². The van der Waals surface area contributed by atoms with Gasteiger partial charge >= 0.3 is 0 Å². The van der Waals surface area contributed by atoms with Crippen molar-refractivity contribution in [2.45, 2.75) is 33.2 Å². The third kappa shape index (κ3) is 1.60. The SMILES string of the molecule is CC1=Cc2ccc3c(c2CO1)O[C@@](O)(C(C)C)C3=O. The van der Waals surface area contributed by atoms with E-state index in [0.717, 1.165) is 16.9 Å². The molecule has 2 aliphatic rings. The minimum atomic E-state index is -1.76. The monoisotopic (exact) mass is 260 g/mol. The molecule has 1 N–H and O–H groups in total. The summed E-state index contributed by atoms with van der Waals surface area (Å²) in [5.74, 6) is -1.15. The first-order chi connectivity index (χ1) is 8.93. The standard InChI is InChI=1S/C15H16O4/c1-8(2)15(17)14(16)11-5-4-10-6-9(3)18-7-12(10)13(11)19-15/h4-6,8,17H,7H2,1-3H3/t15-/m0/s1. The van der Waals surface area contributed by atoms with E-state index in [1.54, 1.807) is 19.9 Å². The van der Waals surface area contributed by atoms with Gasteiger partial charge in [0.1, 0.15) is 12.4 Å². The first-order valence-electron chi connectivity index (χ1n) is 6.36. The zero-order chi connectivity index (χ0) is 13.8. The zero-order valence-corrected chi connectivity index (χ0v) is 11.2. The number of benzene rings is 1. The van der Waals surface area contributed by atoms with Gasteiger partial charge in [0.2, 0.25) is 5.78 Å². The van der Waals surface area contributed by atoms with Gasteiger partial charge in [0.05, 0.1) is 11.3 Å². The van der Waals surface area contributed by atoms with E-state index in [1.807, 2.05) is 19.1 Å². The molecule has 4 heteroatoms. The van der Waals surface area contributed by atoms with Crippen LogP contribution in [-0.2, 0) is 11.3 Å². The van der Waals surface area contributed by atoms with Gasteiger partial charge in [0, 0.05) is 11.5 Å². The lowest BCUT2D eigenvalue weighted by molar-refractivity contribution is -0.121. The van der Waals surface area contributed by atoms with Gasteiger partial charge in [-0.3, -0.25) is 4.79 Å². The molecule has 0 spiro atoms. The molecule has 0 aromatic heterocycles. The number of carbonyl (C=O) groups is 1. The van der Waals surface area contributed by atoms with Crippen molar-refractivity contribution in [3.05, 3.63) is 34.6 Å². The van der Waals surface area contributed by atoms with Gasteiger partial charge in [-0.2, -0.15) is 0 Å². The van der Waals surface area contributed by atoms with E-state index in [1.165, 1.54) is 0 Å². The summed E-state index contributed by atoms with van der Waals surface area (Å²) in [6, 6.07) is 3.58. The van der Waals surface area contributed by atoms with E-state index >= 15 is 0 Å². The molecule has 4 nitrogen and oxygen atoms in total. The van der Waals surface area contributed by atoms with Crippen LogP contribution in [0, 0.1) is 5.92 Å². The molecule has 2 heterocycles. The number of carbonyl (C=O) groups excluding carboxylic acids is 1. The van der Waals surface area contributed by atoms with Crippen LogP contribution in [0.4, 0.5) is 0 Å². The second-order valence-electron chi connectivity index (χ2n) is 5.34. The molecule has 0 unspecified atom stereocenters. The normalized spacial score (nSPS) is 24.5. The van der Waals surface area contributed by atoms with E-state index < -0.39 is 5.79 Å². The Hall–Kier alpha value is -1.81. The average molecular weight is 260 g/mol. The highest BCUT2D eigenvalue weighted by atomic mass is 16.6. The maximum atomic E-state index is 12.3. The van der Waals surface area contributed by atoms with Crippen molar-refractivity contribution in [1.82, 2.24) is 0 Å². The van der Waals surface area contributed by atoms with Gasteiger partial charge < -0.3 is 14.6 Å². The Labute approximate surface area is 111 Å². The van der Waals surface area contributed by atoms with Crippen molar-refractivity contribution in [3.63, 3.8) is 0 Å². The highest BCUT2D eigenvalue weighted by molar-refractivity contribution is 6.07. The summed E-state index contributed by atoms with van der Waals surface area (Å²) >= 11 is 0. The van der Waals surface area contributed by atoms with Crippen LogP contribution >= 0.6 is 0 Å². The Balaban J connectivity index is 2.15. The average Bonchev–Trinajstić information content (AvgIpc) is 2.63. The van der Waals surface area contributed by atoms with Crippen molar-refractivity contribution in [2.24, 2.45) is 5.92 Å². The van der Waals surface area contributed by atoms with Crippen LogP contribution in [0.1, 0.15) is 42.3 Å². The van der Waals surface area contributed by atoms with Gasteiger partial charge in [0.25, 0.3) is 5.79 Å². The third-order valence-electron chi connectivity index (χ3n) is 3.71. The highest BCUT2D eigenvalue weighted by Crippen LogP contribution is 2.43. The summed E-state index contributed by atoms with van der Waals surface area (Å²) in [6.45, 7) is 5.77. The Kier molecular flexibility index (Phi) is 2.47. The van der Waals surface area contributed by atoms with Crippen molar-refractivity contribution in [1.29, 1.82) is 0 Å². The number of Topliss-reactive ketones (excluding diaryl/α,β-unsaturated/α-hetero) is 1. The quantitative estimate of drug-likeness (QED) is 0.843. The van der Waals surface area contributed by atoms with Crippen LogP contribution < -0.4 is 4.74 Å². The second-order valence-corrected chi connectivity index (χ2v) is 5.34. The summed E-state index contributed by atoms with van der Waals surface area (Å²) in [5.41, 5.74) is 2.24. The van der Waals surface area contributed by atoms with Gasteiger partial charge in [0.15, 0.2) is 0 Å². The number of rotatable bonds is 1. The Morgan fingerprint density at radius 2 is 2.11 bits per heavy atom. The number of fused-ring (bicyclic) bond motifs is 3. The molecule has 0 radical (unpaired) electrons. The second kappa shape index (κ2) is 3.84. The predicted octanol–water partition coefficient (Wildman–Crippen LogP) is 2.50. The lowest BCUT2D eigenvalue weighted by atomic mass is 9.94. The fourth-order valence-corrected chi connectivity index (χ4v) is 2.44. The summed E-state index contributed by atoms with van der Waals surface area (Å²) < 4.78 is 11.1. The minimum Gasteiger partial charge on any atom is -0.493 e. The van der Waals surface area contributed by atoms with Crippen LogP contribution in [0.15, 0.2) is 17.9 Å². The molecular formula is C15H16O4. The number of ketones is 1. The topological polar surface area (TPSA) is 55.8 Å². The number of allylic oxidation sites excluding steroid dienone is 1. The number of ether oxygens (including phenoxy) is 2. The number of hydrogen-bond donors (Lipinski definition) is 1. The van der Waals surface area contributed by atoms with Crippen LogP contribution in [-0.4, -0.2) is 16.7 Å². The van der Waals surface area contributed by atoms with E-state index in [0.29, 0.717) is 17.9 Å². The summed E-state index contributed by atoms with van der Waals surface area (Å²) in [7, 11) is 0. The van der Waals surface area contributed by atoms with Crippen LogP contribution in [0.2, 0.25) is 0 Å². The van der Waals surface area contributed by atoms with Crippen LogP contribution in [0.25, 0.3) is 6.08 Å². The smallest absolute Gasteiger partial charge is 0.275 e. The Bertz CT molecular complexity index is 600. The first-order valence-corrected chi connectivity index (χ1v) is 6.36. The van der Waals surface area contributed by atoms with E-state index in [2.05, 4.69) is 0 Å². The van der Waals surface area contributed by atoms with Crippen molar-refractivity contribution < 1.29 is 19.4 Å². The summed E-state index contributed by atoms with van der Waals surface area (Å²) in [5, 5.41) is 10.4. The predicted molar refractivity (Wildman–Crippen MR) is 69.6 cm³/mol. The molecule has 0 saturated heterocycles. The highest BCUT2D eigenvalue weighted by Gasteiger charge is 2.50. The molecule has 0 saturated carbocycles. The van der Waals surface area contributed by atoms with E-state index in [-0.39, 0.29) is 11.7 Å². The molecule has 3 rings (SSSR count). The molecule has 0 aliphatic carbocycles. The maximum Gasteiger partial charge on any atom is 0.275 e. The first kappa shape index (κ1) is 12.2. The fourth-order valence-electron chi connectivity index (χ4n) is 2.44. The maximum absolute atomic E-state index is 12.3. The van der Waals surface area contributed by atoms with Crippen molar-refractivity contribution >= 4 is 11.9 Å². The fraction of sp³-hybridized carbons (Fsp3) is 0.400. The van der Waals surface area contributed by atoms with Gasteiger partial charge in [-0.15, -0.1) is 0 Å². The van der Waals surface area contributed by atoms with Crippen LogP contribution in [0.3, 0.4) is 0 Å². The molecule has 1 atom stereocenters. The number of aliphatic hydroxyl groups is 1. The third-order valence-corrected chi connectivity index (χ3v) is 3.71. The molecule has 2 aliphatic heterocycles. The lowest BCUT2D eigenvalue weighted by Crippen LogP contribution is -2.45. The van der Waals surface area contributed by atoms with Crippen LogP contribution in [0.5, 0.6) is 5.75 Å². The Morgan fingerprint density at radius 3 is 2.79 bits per heavy atom. The summed E-state index contributed by atoms with van der Waals surface area (Å²) in [6.07, 6.45) is 1.90. The molecule has 1 aromatic rings. The minimum absolute atomic E-state index is 0.315. The summed E-state index contributed by atoms with van der Waals surface area (Å²) in [4.78, 5) is 12.3. The lowest BCUT2D eigenvalue weighted by Gasteiger charge is -2.25.